The number of thioether (sulfide) groups is 1. The maximum Gasteiger partial charge on any atom is 0.389 e. The Morgan fingerprint density at radius 1 is 1.44 bits per heavy atom. The van der Waals surface area contributed by atoms with E-state index < -0.39 is 12.6 Å². The van der Waals surface area contributed by atoms with E-state index in [-0.39, 0.29) is 18.1 Å². The summed E-state index contributed by atoms with van der Waals surface area (Å²) in [6.07, 6.45) is -3.79. The van der Waals surface area contributed by atoms with E-state index in [0.717, 1.165) is 17.9 Å². The molecule has 2 heterocycles. The van der Waals surface area contributed by atoms with Gasteiger partial charge in [0.05, 0.1) is 12.2 Å². The van der Waals surface area contributed by atoms with Crippen LogP contribution in [0.2, 0.25) is 0 Å². The van der Waals surface area contributed by atoms with Crippen molar-refractivity contribution in [3.05, 3.63) is 0 Å². The number of hydrogen-bond acceptors (Lipinski definition) is 3. The van der Waals surface area contributed by atoms with Crippen LogP contribution in [-0.2, 0) is 4.74 Å². The summed E-state index contributed by atoms with van der Waals surface area (Å²) in [5, 5.41) is 3.19. The van der Waals surface area contributed by atoms with Crippen LogP contribution < -0.4 is 5.32 Å². The molecule has 0 amide bonds. The molecule has 1 spiro atoms. The topological polar surface area (TPSA) is 21.3 Å². The molecule has 2 aliphatic rings. The number of morpholine rings is 1. The summed E-state index contributed by atoms with van der Waals surface area (Å²) in [6.45, 7) is 1.28. The quantitative estimate of drug-likeness (QED) is 0.817. The van der Waals surface area contributed by atoms with Crippen LogP contribution in [0.25, 0.3) is 0 Å². The first kappa shape index (κ1) is 12.5. The fourth-order valence-corrected chi connectivity index (χ4v) is 3.81. The third-order valence-electron chi connectivity index (χ3n) is 3.25. The summed E-state index contributed by atoms with van der Waals surface area (Å²) in [4.78, 5) is 0. The number of nitrogens with one attached hydrogen (secondary N) is 1. The average molecular weight is 255 g/mol. The second-order valence-corrected chi connectivity index (χ2v) is 5.48. The van der Waals surface area contributed by atoms with E-state index in [0.29, 0.717) is 13.2 Å². The first-order valence-electron chi connectivity index (χ1n) is 5.54. The van der Waals surface area contributed by atoms with Crippen molar-refractivity contribution in [2.24, 2.45) is 0 Å². The highest BCUT2D eigenvalue weighted by Crippen LogP contribution is 2.38. The lowest BCUT2D eigenvalue weighted by atomic mass is 9.88. The first-order chi connectivity index (χ1) is 7.52. The van der Waals surface area contributed by atoms with Crippen molar-refractivity contribution in [1.29, 1.82) is 0 Å². The van der Waals surface area contributed by atoms with Crippen LogP contribution in [0.3, 0.4) is 0 Å². The highest BCUT2D eigenvalue weighted by atomic mass is 32.2. The maximum absolute atomic E-state index is 12.2. The van der Waals surface area contributed by atoms with Gasteiger partial charge in [-0.05, 0) is 18.6 Å². The summed E-state index contributed by atoms with van der Waals surface area (Å²) >= 11 is 1.77. The molecule has 0 aromatic heterocycles. The van der Waals surface area contributed by atoms with Gasteiger partial charge >= 0.3 is 6.18 Å². The molecule has 2 rings (SSSR count). The summed E-state index contributed by atoms with van der Waals surface area (Å²) in [7, 11) is 0. The zero-order chi connectivity index (χ0) is 11.6. The van der Waals surface area contributed by atoms with E-state index >= 15 is 0 Å². The van der Waals surface area contributed by atoms with E-state index in [4.69, 9.17) is 4.74 Å². The van der Waals surface area contributed by atoms with Crippen molar-refractivity contribution in [2.75, 3.05) is 24.7 Å². The highest BCUT2D eigenvalue weighted by molar-refractivity contribution is 7.99. The van der Waals surface area contributed by atoms with Gasteiger partial charge in [-0.25, -0.2) is 0 Å². The van der Waals surface area contributed by atoms with E-state index in [9.17, 15) is 13.2 Å². The molecular formula is C10H16F3NOS. The number of rotatable bonds is 2. The Kier molecular flexibility index (Phi) is 3.71. The molecular weight excluding hydrogens is 239 g/mol. The molecule has 2 saturated heterocycles. The van der Waals surface area contributed by atoms with Crippen molar-refractivity contribution in [3.8, 4) is 0 Å². The van der Waals surface area contributed by atoms with Crippen LogP contribution in [0.1, 0.15) is 19.3 Å². The monoisotopic (exact) mass is 255 g/mol. The Bertz CT molecular complexity index is 241. The Morgan fingerprint density at radius 2 is 2.25 bits per heavy atom. The van der Waals surface area contributed by atoms with Gasteiger partial charge in [-0.3, -0.25) is 0 Å². The minimum atomic E-state index is -4.06. The van der Waals surface area contributed by atoms with Gasteiger partial charge in [-0.2, -0.15) is 24.9 Å². The van der Waals surface area contributed by atoms with Gasteiger partial charge < -0.3 is 10.1 Å². The molecule has 6 heteroatoms. The molecule has 2 fully saturated rings. The van der Waals surface area contributed by atoms with Crippen molar-refractivity contribution in [2.45, 2.75) is 37.1 Å². The van der Waals surface area contributed by atoms with E-state index in [1.165, 1.54) is 0 Å². The van der Waals surface area contributed by atoms with E-state index in [2.05, 4.69) is 5.32 Å². The van der Waals surface area contributed by atoms with Crippen LogP contribution in [0.15, 0.2) is 0 Å². The normalized spacial score (nSPS) is 35.8. The van der Waals surface area contributed by atoms with E-state index in [1.54, 1.807) is 11.8 Å². The molecule has 0 aliphatic carbocycles. The number of ether oxygens (including phenoxy) is 1. The van der Waals surface area contributed by atoms with Gasteiger partial charge in [0.2, 0.25) is 0 Å². The van der Waals surface area contributed by atoms with Crippen LogP contribution >= 0.6 is 11.8 Å². The molecule has 0 aromatic carbocycles. The van der Waals surface area contributed by atoms with Gasteiger partial charge in [0.25, 0.3) is 0 Å². The molecule has 2 aliphatic heterocycles. The molecule has 1 N–H and O–H groups in total. The molecule has 16 heavy (non-hydrogen) atoms. The molecule has 0 radical (unpaired) electrons. The van der Waals surface area contributed by atoms with Crippen LogP contribution in [0, 0.1) is 0 Å². The van der Waals surface area contributed by atoms with E-state index in [1.807, 2.05) is 0 Å². The predicted molar refractivity (Wildman–Crippen MR) is 57.7 cm³/mol. The van der Waals surface area contributed by atoms with Crippen molar-refractivity contribution in [3.63, 3.8) is 0 Å². The number of hydrogen-bond donors (Lipinski definition) is 1. The van der Waals surface area contributed by atoms with Gasteiger partial charge in [0, 0.05) is 24.8 Å². The third-order valence-corrected chi connectivity index (χ3v) is 4.44. The largest absolute Gasteiger partial charge is 0.389 e. The maximum atomic E-state index is 12.2. The lowest BCUT2D eigenvalue weighted by Gasteiger charge is -2.41. The van der Waals surface area contributed by atoms with Crippen LogP contribution in [-0.4, -0.2) is 42.5 Å². The van der Waals surface area contributed by atoms with Gasteiger partial charge in [-0.15, -0.1) is 0 Å². The minimum absolute atomic E-state index is 0.129. The molecule has 2 atom stereocenters. The van der Waals surface area contributed by atoms with Gasteiger partial charge in [-0.1, -0.05) is 0 Å². The number of halogens is 3. The summed E-state index contributed by atoms with van der Waals surface area (Å²) in [6, 6.07) is -0.141. The Morgan fingerprint density at radius 3 is 2.88 bits per heavy atom. The Balaban J connectivity index is 1.94. The SMILES string of the molecule is FC(F)(F)CCC1NCCOC12CCSC2. The molecule has 0 saturated carbocycles. The Labute approximate surface area is 97.3 Å². The van der Waals surface area contributed by atoms with Crippen LogP contribution in [0.4, 0.5) is 13.2 Å². The minimum Gasteiger partial charge on any atom is -0.371 e. The predicted octanol–water partition coefficient (Wildman–Crippen LogP) is 2.19. The zero-order valence-corrected chi connectivity index (χ0v) is 9.79. The van der Waals surface area contributed by atoms with Gasteiger partial charge in [0.1, 0.15) is 0 Å². The first-order valence-corrected chi connectivity index (χ1v) is 6.69. The van der Waals surface area contributed by atoms with Crippen molar-refractivity contribution in [1.82, 2.24) is 5.32 Å². The molecule has 0 aromatic rings. The zero-order valence-electron chi connectivity index (χ0n) is 8.98. The van der Waals surface area contributed by atoms with Gasteiger partial charge in [0.15, 0.2) is 0 Å². The molecule has 2 unspecified atom stereocenters. The molecule has 2 nitrogen and oxygen atoms in total. The summed E-state index contributed by atoms with van der Waals surface area (Å²) < 4.78 is 42.4. The smallest absolute Gasteiger partial charge is 0.371 e. The molecule has 94 valence electrons. The fourth-order valence-electron chi connectivity index (χ4n) is 2.40. The van der Waals surface area contributed by atoms with Crippen molar-refractivity contribution >= 4 is 11.8 Å². The molecule has 0 bridgehead atoms. The Hall–Kier alpha value is 0.0600. The highest BCUT2D eigenvalue weighted by Gasteiger charge is 2.45. The number of alkyl halides is 3. The third kappa shape index (κ3) is 2.84. The fraction of sp³-hybridized carbons (Fsp3) is 1.00. The second-order valence-electron chi connectivity index (χ2n) is 4.38. The lowest BCUT2D eigenvalue weighted by molar-refractivity contribution is -0.145. The standard InChI is InChI=1S/C10H16F3NOS/c11-10(12,13)2-1-8-9(3-6-16-7-9)15-5-4-14-8/h8,14H,1-7H2. The lowest BCUT2D eigenvalue weighted by Crippen LogP contribution is -2.58. The average Bonchev–Trinajstić information content (AvgIpc) is 2.65. The van der Waals surface area contributed by atoms with Crippen molar-refractivity contribution < 1.29 is 17.9 Å². The summed E-state index contributed by atoms with van der Waals surface area (Å²) in [5.41, 5.74) is -0.339. The van der Waals surface area contributed by atoms with Crippen LogP contribution in [0.5, 0.6) is 0 Å². The second kappa shape index (κ2) is 4.74. The summed E-state index contributed by atoms with van der Waals surface area (Å²) in [5.74, 6) is 1.81.